The van der Waals surface area contributed by atoms with Gasteiger partial charge in [0.25, 0.3) is 0 Å². The first-order chi connectivity index (χ1) is 3.66. The molecule has 0 heterocycles. The molecule has 0 aromatic carbocycles. The highest BCUT2D eigenvalue weighted by Gasteiger charge is 1.97. The Morgan fingerprint density at radius 2 is 2.38 bits per heavy atom. The predicted molar refractivity (Wildman–Crippen MR) is 31.1 cm³/mol. The van der Waals surface area contributed by atoms with Gasteiger partial charge in [0.2, 0.25) is 6.29 Å². The van der Waals surface area contributed by atoms with Crippen LogP contribution in [-0.4, -0.2) is 12.4 Å². The van der Waals surface area contributed by atoms with Crippen LogP contribution in [0.5, 0.6) is 0 Å². The highest BCUT2D eigenvalue weighted by atomic mass is 16.5. The lowest BCUT2D eigenvalue weighted by molar-refractivity contribution is 0.183. The summed E-state index contributed by atoms with van der Waals surface area (Å²) in [6.07, 6.45) is 1.18. The van der Waals surface area contributed by atoms with Crippen molar-refractivity contribution in [2.75, 3.05) is 0 Å². The van der Waals surface area contributed by atoms with E-state index in [0.717, 1.165) is 0 Å². The van der Waals surface area contributed by atoms with Crippen LogP contribution in [-0.2, 0) is 9.53 Å². The molecule has 0 spiro atoms. The SMILES string of the molecule is C=C(C)OC(C)[C]=O. The maximum atomic E-state index is 9.75. The van der Waals surface area contributed by atoms with Gasteiger partial charge in [-0.15, -0.1) is 0 Å². The van der Waals surface area contributed by atoms with Crippen molar-refractivity contribution in [2.45, 2.75) is 20.0 Å². The second kappa shape index (κ2) is 3.24. The molecular weight excluding hydrogens is 104 g/mol. The number of carbonyl (C=O) groups excluding carboxylic acids is 1. The lowest BCUT2D eigenvalue weighted by atomic mass is 10.4. The van der Waals surface area contributed by atoms with Gasteiger partial charge in [0, 0.05) is 0 Å². The van der Waals surface area contributed by atoms with Gasteiger partial charge < -0.3 is 4.74 Å². The molecule has 0 rings (SSSR count). The summed E-state index contributed by atoms with van der Waals surface area (Å²) in [6, 6.07) is 0. The van der Waals surface area contributed by atoms with Crippen molar-refractivity contribution in [1.82, 2.24) is 0 Å². The minimum absolute atomic E-state index is 0.479. The van der Waals surface area contributed by atoms with E-state index in [-0.39, 0.29) is 0 Å². The standard InChI is InChI=1S/C6H9O2/c1-5(2)8-6(3)4-7/h6H,1H2,2-3H3. The van der Waals surface area contributed by atoms with Gasteiger partial charge in [-0.2, -0.15) is 0 Å². The monoisotopic (exact) mass is 113 g/mol. The largest absolute Gasteiger partial charge is 0.488 e. The zero-order valence-electron chi connectivity index (χ0n) is 5.10. The molecule has 0 aliphatic carbocycles. The molecular formula is C6H9O2. The molecule has 45 valence electrons. The second-order valence-electron chi connectivity index (χ2n) is 1.58. The van der Waals surface area contributed by atoms with E-state index >= 15 is 0 Å². The molecule has 1 atom stereocenters. The molecule has 0 aromatic heterocycles. The van der Waals surface area contributed by atoms with Crippen LogP contribution in [0.15, 0.2) is 12.3 Å². The zero-order valence-corrected chi connectivity index (χ0v) is 5.10. The topological polar surface area (TPSA) is 26.3 Å². The van der Waals surface area contributed by atoms with Gasteiger partial charge >= 0.3 is 0 Å². The molecule has 0 bridgehead atoms. The number of ether oxygens (including phenoxy) is 1. The predicted octanol–water partition coefficient (Wildman–Crippen LogP) is 1.03. The summed E-state index contributed by atoms with van der Waals surface area (Å²) in [7, 11) is 0. The molecule has 8 heavy (non-hydrogen) atoms. The fourth-order valence-corrected chi connectivity index (χ4v) is 0.326. The van der Waals surface area contributed by atoms with Gasteiger partial charge in [0.15, 0.2) is 6.10 Å². The Labute approximate surface area is 49.1 Å². The van der Waals surface area contributed by atoms with Crippen molar-refractivity contribution in [3.05, 3.63) is 12.3 Å². The van der Waals surface area contributed by atoms with Crippen molar-refractivity contribution >= 4 is 6.29 Å². The quantitative estimate of drug-likeness (QED) is 0.511. The van der Waals surface area contributed by atoms with Crippen molar-refractivity contribution < 1.29 is 9.53 Å². The van der Waals surface area contributed by atoms with Gasteiger partial charge in [0.05, 0.1) is 5.76 Å². The smallest absolute Gasteiger partial charge is 0.242 e. The lowest BCUT2D eigenvalue weighted by Crippen LogP contribution is -2.06. The molecule has 0 amide bonds. The fourth-order valence-electron chi connectivity index (χ4n) is 0.326. The fraction of sp³-hybridized carbons (Fsp3) is 0.500. The van der Waals surface area contributed by atoms with Crippen LogP contribution >= 0.6 is 0 Å². The van der Waals surface area contributed by atoms with E-state index in [4.69, 9.17) is 4.74 Å². The van der Waals surface area contributed by atoms with E-state index in [9.17, 15) is 4.79 Å². The number of rotatable bonds is 3. The minimum Gasteiger partial charge on any atom is -0.488 e. The second-order valence-corrected chi connectivity index (χ2v) is 1.58. The van der Waals surface area contributed by atoms with E-state index < -0.39 is 6.10 Å². The Hall–Kier alpha value is -0.790. The van der Waals surface area contributed by atoms with Gasteiger partial charge in [-0.25, -0.2) is 0 Å². The Balaban J connectivity index is 3.38. The van der Waals surface area contributed by atoms with E-state index in [1.165, 1.54) is 0 Å². The molecule has 0 saturated heterocycles. The summed E-state index contributed by atoms with van der Waals surface area (Å²) in [5, 5.41) is 0. The van der Waals surface area contributed by atoms with Crippen molar-refractivity contribution in [2.24, 2.45) is 0 Å². The van der Waals surface area contributed by atoms with E-state index in [1.807, 2.05) is 0 Å². The maximum Gasteiger partial charge on any atom is 0.242 e. The van der Waals surface area contributed by atoms with E-state index in [1.54, 1.807) is 20.1 Å². The van der Waals surface area contributed by atoms with Crippen LogP contribution < -0.4 is 0 Å². The summed E-state index contributed by atoms with van der Waals surface area (Å²) < 4.78 is 4.78. The third-order valence-corrected chi connectivity index (χ3v) is 0.544. The molecule has 0 aromatic rings. The Bertz CT molecular complexity index is 96.7. The van der Waals surface area contributed by atoms with Crippen LogP contribution in [0.1, 0.15) is 13.8 Å². The minimum atomic E-state index is -0.479. The first kappa shape index (κ1) is 7.21. The Morgan fingerprint density at radius 1 is 1.88 bits per heavy atom. The van der Waals surface area contributed by atoms with E-state index in [0.29, 0.717) is 5.76 Å². The summed E-state index contributed by atoms with van der Waals surface area (Å²) >= 11 is 0. The molecule has 2 nitrogen and oxygen atoms in total. The highest BCUT2D eigenvalue weighted by molar-refractivity contribution is 5.56. The Morgan fingerprint density at radius 3 is 2.50 bits per heavy atom. The molecule has 1 unspecified atom stereocenters. The van der Waals surface area contributed by atoms with E-state index in [2.05, 4.69) is 6.58 Å². The van der Waals surface area contributed by atoms with Gasteiger partial charge in [0.1, 0.15) is 0 Å². The molecule has 0 fully saturated rings. The first-order valence-corrected chi connectivity index (χ1v) is 2.36. The van der Waals surface area contributed by atoms with Crippen LogP contribution in [0.2, 0.25) is 0 Å². The number of hydrogen-bond donors (Lipinski definition) is 0. The molecule has 0 aliphatic rings. The zero-order chi connectivity index (χ0) is 6.57. The first-order valence-electron chi connectivity index (χ1n) is 2.36. The van der Waals surface area contributed by atoms with Gasteiger partial charge in [-0.3, -0.25) is 4.79 Å². The van der Waals surface area contributed by atoms with Crippen LogP contribution in [0.3, 0.4) is 0 Å². The van der Waals surface area contributed by atoms with Crippen LogP contribution in [0.25, 0.3) is 0 Å². The van der Waals surface area contributed by atoms with Gasteiger partial charge in [-0.1, -0.05) is 6.58 Å². The summed E-state index contributed by atoms with van der Waals surface area (Å²) in [4.78, 5) is 9.75. The highest BCUT2D eigenvalue weighted by Crippen LogP contribution is 1.94. The van der Waals surface area contributed by atoms with Crippen LogP contribution in [0, 0.1) is 0 Å². The Kier molecular flexibility index (Phi) is 2.92. The lowest BCUT2D eigenvalue weighted by Gasteiger charge is -2.04. The third kappa shape index (κ3) is 3.40. The average molecular weight is 113 g/mol. The molecule has 2 heteroatoms. The third-order valence-electron chi connectivity index (χ3n) is 0.544. The molecule has 0 saturated carbocycles. The molecule has 0 aliphatic heterocycles. The van der Waals surface area contributed by atoms with Crippen molar-refractivity contribution in [1.29, 1.82) is 0 Å². The van der Waals surface area contributed by atoms with Crippen molar-refractivity contribution in [3.8, 4) is 0 Å². The molecule has 0 N–H and O–H groups in total. The number of hydrogen-bond acceptors (Lipinski definition) is 2. The van der Waals surface area contributed by atoms with Crippen LogP contribution in [0.4, 0.5) is 0 Å². The summed E-state index contributed by atoms with van der Waals surface area (Å²) in [5.74, 6) is 0.542. The average Bonchev–Trinajstić information content (AvgIpc) is 1.65. The normalized spacial score (nSPS) is 12.2. The summed E-state index contributed by atoms with van der Waals surface area (Å²) in [6.45, 7) is 6.74. The maximum absolute atomic E-state index is 9.75. The molecule has 1 radical (unpaired) electrons. The number of allylic oxidation sites excluding steroid dienone is 1. The van der Waals surface area contributed by atoms with Crippen molar-refractivity contribution in [3.63, 3.8) is 0 Å². The van der Waals surface area contributed by atoms with Gasteiger partial charge in [-0.05, 0) is 13.8 Å². The summed E-state index contributed by atoms with van der Waals surface area (Å²) in [5.41, 5.74) is 0.